The van der Waals surface area contributed by atoms with Crippen LogP contribution in [0.1, 0.15) is 34.1 Å². The fraction of sp³-hybridized carbons (Fsp3) is 0.250. The highest BCUT2D eigenvalue weighted by Gasteiger charge is 2.21. The number of ether oxygens (including phenoxy) is 3. The van der Waals surface area contributed by atoms with Gasteiger partial charge >= 0.3 is 11.9 Å². The number of para-hydroxylation sites is 1. The number of carbonyl (C=O) groups is 3. The third-order valence-electron chi connectivity index (χ3n) is 3.81. The van der Waals surface area contributed by atoms with Crippen molar-refractivity contribution in [2.24, 2.45) is 0 Å². The summed E-state index contributed by atoms with van der Waals surface area (Å²) in [7, 11) is 2.39. The Kier molecular flexibility index (Phi) is 7.08. The summed E-state index contributed by atoms with van der Waals surface area (Å²) in [6.07, 6.45) is -0.721. The summed E-state index contributed by atoms with van der Waals surface area (Å²) in [6.45, 7) is 1.70. The van der Waals surface area contributed by atoms with E-state index in [-0.39, 0.29) is 29.0 Å². The van der Waals surface area contributed by atoms with Gasteiger partial charge in [-0.05, 0) is 36.8 Å². The number of carbonyl (C=O) groups excluding carboxylic acids is 3. The Morgan fingerprint density at radius 1 is 1.00 bits per heavy atom. The predicted molar refractivity (Wildman–Crippen MR) is 98.9 cm³/mol. The maximum atomic E-state index is 13.8. The summed E-state index contributed by atoms with van der Waals surface area (Å²) >= 11 is 0. The quantitative estimate of drug-likeness (QED) is 0.732. The van der Waals surface area contributed by atoms with Crippen molar-refractivity contribution in [2.45, 2.75) is 19.4 Å². The maximum absolute atomic E-state index is 13.8. The van der Waals surface area contributed by atoms with Gasteiger partial charge in [0.1, 0.15) is 0 Å². The Balaban J connectivity index is 2.26. The summed E-state index contributed by atoms with van der Waals surface area (Å²) < 4.78 is 28.5. The first-order valence-electron chi connectivity index (χ1n) is 8.43. The van der Waals surface area contributed by atoms with Crippen LogP contribution in [0.25, 0.3) is 0 Å². The number of halogens is 1. The second kappa shape index (κ2) is 9.50. The zero-order valence-electron chi connectivity index (χ0n) is 15.7. The number of methoxy groups -OCH3 is 2. The first-order valence-corrected chi connectivity index (χ1v) is 8.43. The van der Waals surface area contributed by atoms with Gasteiger partial charge in [-0.1, -0.05) is 19.1 Å². The molecule has 0 aromatic heterocycles. The number of esters is 2. The van der Waals surface area contributed by atoms with Crippen LogP contribution in [0.15, 0.2) is 42.5 Å². The van der Waals surface area contributed by atoms with Crippen molar-refractivity contribution in [3.8, 4) is 5.75 Å². The van der Waals surface area contributed by atoms with Gasteiger partial charge in [0, 0.05) is 5.69 Å². The summed E-state index contributed by atoms with van der Waals surface area (Å²) in [6, 6.07) is 9.74. The van der Waals surface area contributed by atoms with Crippen LogP contribution in [0, 0.1) is 5.82 Å². The third-order valence-corrected chi connectivity index (χ3v) is 3.81. The molecule has 28 heavy (non-hydrogen) atoms. The lowest BCUT2D eigenvalue weighted by atomic mass is 10.1. The van der Waals surface area contributed by atoms with Crippen LogP contribution >= 0.6 is 0 Å². The normalized spacial score (nSPS) is 11.3. The zero-order chi connectivity index (χ0) is 20.7. The van der Waals surface area contributed by atoms with E-state index in [0.29, 0.717) is 0 Å². The molecule has 0 unspecified atom stereocenters. The molecule has 0 aliphatic heterocycles. The number of hydrogen-bond donors (Lipinski definition) is 1. The van der Waals surface area contributed by atoms with Gasteiger partial charge in [0.05, 0.1) is 25.3 Å². The van der Waals surface area contributed by atoms with Crippen molar-refractivity contribution in [3.05, 3.63) is 59.4 Å². The highest BCUT2D eigenvalue weighted by molar-refractivity contribution is 6.00. The lowest BCUT2D eigenvalue weighted by Crippen LogP contribution is -2.32. The van der Waals surface area contributed by atoms with E-state index in [0.717, 1.165) is 0 Å². The molecule has 7 nitrogen and oxygen atoms in total. The molecule has 0 aliphatic carbocycles. The van der Waals surface area contributed by atoms with Crippen molar-refractivity contribution >= 4 is 23.5 Å². The number of nitrogens with one attached hydrogen (secondary N) is 1. The van der Waals surface area contributed by atoms with Crippen LogP contribution in [0.5, 0.6) is 5.75 Å². The predicted octanol–water partition coefficient (Wildman–Crippen LogP) is 3.20. The summed E-state index contributed by atoms with van der Waals surface area (Å²) in [4.78, 5) is 36.2. The van der Waals surface area contributed by atoms with Crippen LogP contribution in [-0.4, -0.2) is 38.2 Å². The van der Waals surface area contributed by atoms with Crippen molar-refractivity contribution in [1.29, 1.82) is 0 Å². The minimum Gasteiger partial charge on any atom is -0.478 e. The van der Waals surface area contributed by atoms with Gasteiger partial charge in [-0.25, -0.2) is 14.0 Å². The lowest BCUT2D eigenvalue weighted by molar-refractivity contribution is -0.122. The van der Waals surface area contributed by atoms with Crippen LogP contribution < -0.4 is 10.1 Å². The Hall–Kier alpha value is -3.42. The molecule has 2 aromatic rings. The topological polar surface area (TPSA) is 90.9 Å². The molecule has 0 fully saturated rings. The molecule has 0 spiro atoms. The van der Waals surface area contributed by atoms with Gasteiger partial charge in [0.15, 0.2) is 17.7 Å². The van der Waals surface area contributed by atoms with Crippen LogP contribution in [-0.2, 0) is 14.3 Å². The molecule has 1 amide bonds. The van der Waals surface area contributed by atoms with Gasteiger partial charge in [-0.3, -0.25) is 4.79 Å². The van der Waals surface area contributed by atoms with Crippen molar-refractivity contribution in [3.63, 3.8) is 0 Å². The molecule has 0 saturated heterocycles. The molecule has 0 heterocycles. The average molecular weight is 389 g/mol. The molecular formula is C20H20FNO6. The van der Waals surface area contributed by atoms with Gasteiger partial charge in [0.2, 0.25) is 0 Å². The number of amides is 1. The summed E-state index contributed by atoms with van der Waals surface area (Å²) in [5.74, 6) is -2.58. The van der Waals surface area contributed by atoms with Crippen molar-refractivity contribution < 1.29 is 33.0 Å². The monoisotopic (exact) mass is 389 g/mol. The molecule has 2 rings (SSSR count). The second-order valence-corrected chi connectivity index (χ2v) is 5.72. The van der Waals surface area contributed by atoms with Gasteiger partial charge in [-0.15, -0.1) is 0 Å². The second-order valence-electron chi connectivity index (χ2n) is 5.72. The molecule has 0 radical (unpaired) electrons. The van der Waals surface area contributed by atoms with E-state index in [1.807, 2.05) is 0 Å². The molecule has 8 heteroatoms. The first-order chi connectivity index (χ1) is 13.4. The minimum absolute atomic E-state index is 0.0527. The maximum Gasteiger partial charge on any atom is 0.337 e. The Morgan fingerprint density at radius 2 is 1.57 bits per heavy atom. The SMILES string of the molecule is CC[C@@H](Oc1ccccc1F)C(=O)Nc1cc(C(=O)OC)cc(C(=O)OC)c1. The third kappa shape index (κ3) is 5.06. The standard InChI is InChI=1S/C20H20FNO6/c1-4-16(28-17-8-6-5-7-15(17)21)18(23)22-14-10-12(19(24)26-2)9-13(11-14)20(25)27-3/h5-11,16H,4H2,1-3H3,(H,22,23)/t16-/m1/s1. The fourth-order valence-electron chi connectivity index (χ4n) is 2.41. The average Bonchev–Trinajstić information content (AvgIpc) is 2.71. The Morgan fingerprint density at radius 3 is 2.07 bits per heavy atom. The molecule has 0 bridgehead atoms. The Bertz CT molecular complexity index is 848. The highest BCUT2D eigenvalue weighted by atomic mass is 19.1. The smallest absolute Gasteiger partial charge is 0.337 e. The van der Waals surface area contributed by atoms with E-state index in [1.165, 1.54) is 50.6 Å². The van der Waals surface area contributed by atoms with Gasteiger partial charge < -0.3 is 19.5 Å². The minimum atomic E-state index is -0.986. The van der Waals surface area contributed by atoms with E-state index in [2.05, 4.69) is 14.8 Å². The number of rotatable bonds is 7. The summed E-state index contributed by atoms with van der Waals surface area (Å²) in [5.41, 5.74) is 0.288. The Labute approximate surface area is 161 Å². The van der Waals surface area contributed by atoms with E-state index < -0.39 is 29.8 Å². The lowest BCUT2D eigenvalue weighted by Gasteiger charge is -2.18. The van der Waals surface area contributed by atoms with Crippen LogP contribution in [0.3, 0.4) is 0 Å². The van der Waals surface area contributed by atoms with E-state index >= 15 is 0 Å². The zero-order valence-corrected chi connectivity index (χ0v) is 15.7. The highest BCUT2D eigenvalue weighted by Crippen LogP contribution is 2.21. The molecule has 2 aromatic carbocycles. The number of hydrogen-bond acceptors (Lipinski definition) is 6. The molecule has 0 saturated carbocycles. The summed E-state index contributed by atoms with van der Waals surface area (Å²) in [5, 5.41) is 2.57. The van der Waals surface area contributed by atoms with Crippen LogP contribution in [0.4, 0.5) is 10.1 Å². The molecule has 0 aliphatic rings. The van der Waals surface area contributed by atoms with Crippen molar-refractivity contribution in [2.75, 3.05) is 19.5 Å². The number of benzene rings is 2. The van der Waals surface area contributed by atoms with E-state index in [4.69, 9.17) is 4.74 Å². The molecule has 1 N–H and O–H groups in total. The number of anilines is 1. The van der Waals surface area contributed by atoms with E-state index in [9.17, 15) is 18.8 Å². The van der Waals surface area contributed by atoms with Gasteiger partial charge in [0.25, 0.3) is 5.91 Å². The van der Waals surface area contributed by atoms with E-state index in [1.54, 1.807) is 13.0 Å². The van der Waals surface area contributed by atoms with Gasteiger partial charge in [-0.2, -0.15) is 0 Å². The van der Waals surface area contributed by atoms with Crippen LogP contribution in [0.2, 0.25) is 0 Å². The van der Waals surface area contributed by atoms with Crippen molar-refractivity contribution in [1.82, 2.24) is 0 Å². The first kappa shape index (κ1) is 20.9. The molecule has 148 valence electrons. The largest absolute Gasteiger partial charge is 0.478 e. The fourth-order valence-corrected chi connectivity index (χ4v) is 2.41. The molecule has 1 atom stereocenters. The molecular weight excluding hydrogens is 369 g/mol.